The third kappa shape index (κ3) is 6.03. The van der Waals surface area contributed by atoms with Crippen LogP contribution in [0.4, 0.5) is 0 Å². The van der Waals surface area contributed by atoms with Crippen LogP contribution in [0.3, 0.4) is 0 Å². The molecule has 0 bridgehead atoms. The van der Waals surface area contributed by atoms with E-state index in [1.54, 1.807) is 13.2 Å². The summed E-state index contributed by atoms with van der Waals surface area (Å²) < 4.78 is 12.2. The van der Waals surface area contributed by atoms with E-state index < -0.39 is 0 Å². The molecule has 1 fully saturated rings. The van der Waals surface area contributed by atoms with Gasteiger partial charge in [-0.05, 0) is 82.3 Å². The number of Topliss-reactive ketones (excluding diaryl/α,β-unsaturated/α-hetero) is 1. The van der Waals surface area contributed by atoms with Crippen LogP contribution in [0.2, 0.25) is 0 Å². The van der Waals surface area contributed by atoms with E-state index in [4.69, 9.17) is 9.47 Å². The number of methoxy groups -OCH3 is 1. The Balaban J connectivity index is 1.61. The summed E-state index contributed by atoms with van der Waals surface area (Å²) >= 11 is 0. The lowest BCUT2D eigenvalue weighted by Crippen LogP contribution is -2.44. The fraction of sp³-hybridized carbons (Fsp3) is 0.741. The zero-order valence-corrected chi connectivity index (χ0v) is 20.0. The van der Waals surface area contributed by atoms with Crippen LogP contribution in [0.1, 0.15) is 97.8 Å². The quantitative estimate of drug-likeness (QED) is 0.402. The van der Waals surface area contributed by atoms with Gasteiger partial charge >= 0.3 is 0 Å². The Hall–Kier alpha value is -1.55. The van der Waals surface area contributed by atoms with E-state index in [1.807, 2.05) is 6.92 Å². The maximum Gasteiger partial charge on any atom is 0.140 e. The molecule has 0 radical (unpaired) electrons. The normalized spacial score (nSPS) is 31.8. The van der Waals surface area contributed by atoms with E-state index >= 15 is 0 Å². The van der Waals surface area contributed by atoms with Gasteiger partial charge in [0, 0.05) is 24.3 Å². The van der Waals surface area contributed by atoms with E-state index in [0.717, 1.165) is 44.1 Å². The molecule has 1 N–H and O–H groups in total. The Kier molecular flexibility index (Phi) is 8.43. The molecule has 1 heterocycles. The third-order valence-electron chi connectivity index (χ3n) is 7.46. The molecule has 0 aromatic rings. The van der Waals surface area contributed by atoms with E-state index in [1.165, 1.54) is 31.3 Å². The molecule has 4 heteroatoms. The molecule has 0 aromatic carbocycles. The number of ketones is 1. The van der Waals surface area contributed by atoms with E-state index in [-0.39, 0.29) is 29.2 Å². The molecule has 1 saturated heterocycles. The monoisotopic (exact) mass is 430 g/mol. The fourth-order valence-corrected chi connectivity index (χ4v) is 5.85. The molecule has 4 unspecified atom stereocenters. The molecular formula is C27H42O4. The van der Waals surface area contributed by atoms with Gasteiger partial charge in [0.1, 0.15) is 17.3 Å². The van der Waals surface area contributed by atoms with E-state index in [2.05, 4.69) is 19.9 Å². The molecule has 3 rings (SSSR count). The van der Waals surface area contributed by atoms with Gasteiger partial charge in [-0.2, -0.15) is 0 Å². The number of hydrogen-bond acceptors (Lipinski definition) is 4. The van der Waals surface area contributed by atoms with E-state index in [9.17, 15) is 9.90 Å². The summed E-state index contributed by atoms with van der Waals surface area (Å²) in [7, 11) is 1.60. The minimum absolute atomic E-state index is 0.103. The molecule has 1 aliphatic heterocycles. The van der Waals surface area contributed by atoms with Crippen molar-refractivity contribution < 1.29 is 19.4 Å². The molecule has 4 nitrogen and oxygen atoms in total. The Morgan fingerprint density at radius 2 is 2.13 bits per heavy atom. The summed E-state index contributed by atoms with van der Waals surface area (Å²) in [5.41, 5.74) is 2.15. The predicted octanol–water partition coefficient (Wildman–Crippen LogP) is 6.96. The van der Waals surface area contributed by atoms with Crippen molar-refractivity contribution in [2.24, 2.45) is 11.8 Å². The second-order valence-electron chi connectivity index (χ2n) is 10.0. The maximum atomic E-state index is 12.9. The predicted molar refractivity (Wildman–Crippen MR) is 125 cm³/mol. The molecule has 0 aromatic heterocycles. The number of carbonyl (C=O) groups is 1. The van der Waals surface area contributed by atoms with Crippen LogP contribution in [0.5, 0.6) is 0 Å². The van der Waals surface area contributed by atoms with Crippen molar-refractivity contribution in [2.75, 3.05) is 7.11 Å². The first-order chi connectivity index (χ1) is 14.9. The standard InChI is InChI=1S/C27H42O4/c1-5-13-27(18-19(2)15-26(31-27)21-10-7-6-8-11-21)14-9-12-23(28)22-16-24(29)20(3)25(17-22)30-4/h10,16,19,22,26,29H,5-9,11-15,17-18H2,1-4H3. The Labute approximate surface area is 188 Å². The van der Waals surface area contributed by atoms with Crippen LogP contribution < -0.4 is 0 Å². The minimum atomic E-state index is -0.285. The zero-order chi connectivity index (χ0) is 22.4. The highest BCUT2D eigenvalue weighted by Gasteiger charge is 2.40. The summed E-state index contributed by atoms with van der Waals surface area (Å²) in [6.07, 6.45) is 16.6. The lowest BCUT2D eigenvalue weighted by molar-refractivity contribution is -0.141. The minimum Gasteiger partial charge on any atom is -0.508 e. The Morgan fingerprint density at radius 3 is 2.81 bits per heavy atom. The van der Waals surface area contributed by atoms with Crippen LogP contribution in [0, 0.1) is 11.8 Å². The first kappa shape index (κ1) is 24.1. The van der Waals surface area contributed by atoms with Crippen LogP contribution in [-0.2, 0) is 14.3 Å². The van der Waals surface area contributed by atoms with Crippen molar-refractivity contribution in [3.8, 4) is 0 Å². The average Bonchev–Trinajstić information content (AvgIpc) is 2.75. The van der Waals surface area contributed by atoms with E-state index in [0.29, 0.717) is 24.5 Å². The second kappa shape index (κ2) is 10.8. The van der Waals surface area contributed by atoms with Gasteiger partial charge in [0.2, 0.25) is 0 Å². The summed E-state index contributed by atoms with van der Waals surface area (Å²) in [6.45, 7) is 6.44. The number of ether oxygens (including phenoxy) is 2. The molecule has 0 spiro atoms. The van der Waals surface area contributed by atoms with Crippen molar-refractivity contribution in [1.29, 1.82) is 0 Å². The molecular weight excluding hydrogens is 388 g/mol. The highest BCUT2D eigenvalue weighted by Crippen LogP contribution is 2.43. The van der Waals surface area contributed by atoms with Crippen LogP contribution in [0.25, 0.3) is 0 Å². The highest BCUT2D eigenvalue weighted by atomic mass is 16.5. The first-order valence-electron chi connectivity index (χ1n) is 12.4. The molecule has 0 saturated carbocycles. The van der Waals surface area contributed by atoms with Crippen LogP contribution in [-0.4, -0.2) is 29.7 Å². The van der Waals surface area contributed by atoms with Gasteiger partial charge < -0.3 is 14.6 Å². The van der Waals surface area contributed by atoms with Gasteiger partial charge in [-0.1, -0.05) is 26.3 Å². The van der Waals surface area contributed by atoms with Crippen molar-refractivity contribution >= 4 is 5.78 Å². The van der Waals surface area contributed by atoms with Gasteiger partial charge in [0.15, 0.2) is 0 Å². The largest absolute Gasteiger partial charge is 0.508 e. The summed E-state index contributed by atoms with van der Waals surface area (Å²) in [5, 5.41) is 10.2. The van der Waals surface area contributed by atoms with Gasteiger partial charge in [-0.25, -0.2) is 0 Å². The van der Waals surface area contributed by atoms with Crippen LogP contribution in [0.15, 0.2) is 34.8 Å². The van der Waals surface area contributed by atoms with Crippen molar-refractivity contribution in [3.63, 3.8) is 0 Å². The number of aliphatic hydroxyl groups excluding tert-OH is 1. The molecule has 0 amide bonds. The van der Waals surface area contributed by atoms with Crippen molar-refractivity contribution in [2.45, 2.75) is 110 Å². The van der Waals surface area contributed by atoms with Crippen molar-refractivity contribution in [1.82, 2.24) is 0 Å². The number of hydrogen-bond donors (Lipinski definition) is 1. The molecule has 2 aliphatic carbocycles. The maximum absolute atomic E-state index is 12.9. The topological polar surface area (TPSA) is 55.8 Å². The number of allylic oxidation sites excluding steroid dienone is 4. The number of aliphatic hydroxyl groups is 1. The number of rotatable bonds is 9. The SMILES string of the molecule is CCCC1(CCCC(=O)C2C=C(O)C(C)=C(OC)C2)CC(C)CC(C2=CCCCC2)O1. The molecule has 3 aliphatic rings. The Bertz CT molecular complexity index is 732. The van der Waals surface area contributed by atoms with Gasteiger partial charge in [0.25, 0.3) is 0 Å². The van der Waals surface area contributed by atoms with Gasteiger partial charge in [-0.3, -0.25) is 4.79 Å². The number of carbonyl (C=O) groups excluding carboxylic acids is 1. The third-order valence-corrected chi connectivity index (χ3v) is 7.46. The summed E-state index contributed by atoms with van der Waals surface area (Å²) in [6, 6.07) is 0. The fourth-order valence-electron chi connectivity index (χ4n) is 5.85. The highest BCUT2D eigenvalue weighted by molar-refractivity contribution is 5.83. The smallest absolute Gasteiger partial charge is 0.140 e. The average molecular weight is 431 g/mol. The molecule has 4 atom stereocenters. The zero-order valence-electron chi connectivity index (χ0n) is 20.0. The van der Waals surface area contributed by atoms with Crippen molar-refractivity contribution in [3.05, 3.63) is 34.8 Å². The summed E-state index contributed by atoms with van der Waals surface area (Å²) in [5.74, 6) is 1.45. The first-order valence-corrected chi connectivity index (χ1v) is 12.4. The van der Waals surface area contributed by atoms with Crippen LogP contribution >= 0.6 is 0 Å². The lowest BCUT2D eigenvalue weighted by Gasteiger charge is -2.45. The van der Waals surface area contributed by atoms with Gasteiger partial charge in [0.05, 0.1) is 18.8 Å². The lowest BCUT2D eigenvalue weighted by atomic mass is 9.76. The summed E-state index contributed by atoms with van der Waals surface area (Å²) in [4.78, 5) is 12.9. The molecule has 31 heavy (non-hydrogen) atoms. The van der Waals surface area contributed by atoms with Gasteiger partial charge in [-0.15, -0.1) is 0 Å². The Morgan fingerprint density at radius 1 is 1.32 bits per heavy atom. The second-order valence-corrected chi connectivity index (χ2v) is 10.0. The molecule has 174 valence electrons.